The van der Waals surface area contributed by atoms with Crippen molar-refractivity contribution < 1.29 is 9.59 Å². The Labute approximate surface area is 95.9 Å². The summed E-state index contributed by atoms with van der Waals surface area (Å²) in [5.74, 6) is -0.883. The highest BCUT2D eigenvalue weighted by Gasteiger charge is 2.12. The van der Waals surface area contributed by atoms with E-state index < -0.39 is 5.91 Å². The van der Waals surface area contributed by atoms with Crippen molar-refractivity contribution >= 4 is 11.7 Å². The van der Waals surface area contributed by atoms with Crippen molar-refractivity contribution in [3.63, 3.8) is 0 Å². The number of hydrogen-bond acceptors (Lipinski definition) is 2. The Bertz CT molecular complexity index is 410. The largest absolute Gasteiger partial charge is 0.350 e. The van der Waals surface area contributed by atoms with E-state index in [0.717, 1.165) is 11.1 Å². The Morgan fingerprint density at radius 2 is 1.88 bits per heavy atom. The first-order valence-electron chi connectivity index (χ1n) is 5.41. The Balaban J connectivity index is 2.70. The van der Waals surface area contributed by atoms with Crippen molar-refractivity contribution in [2.75, 3.05) is 6.54 Å². The fourth-order valence-electron chi connectivity index (χ4n) is 1.44. The lowest BCUT2D eigenvalue weighted by atomic mass is 10.0. The summed E-state index contributed by atoms with van der Waals surface area (Å²) in [5.41, 5.74) is 3.22. The van der Waals surface area contributed by atoms with E-state index in [4.69, 9.17) is 0 Å². The second kappa shape index (κ2) is 5.45. The lowest BCUT2D eigenvalue weighted by Gasteiger charge is -2.04. The molecule has 3 nitrogen and oxygen atoms in total. The van der Waals surface area contributed by atoms with Gasteiger partial charge < -0.3 is 5.32 Å². The average molecular weight is 219 g/mol. The summed E-state index contributed by atoms with van der Waals surface area (Å²) in [5, 5.41) is 2.50. The summed E-state index contributed by atoms with van der Waals surface area (Å²) in [6.45, 7) is 6.29. The molecule has 0 saturated heterocycles. The van der Waals surface area contributed by atoms with Crippen LogP contribution in [0.25, 0.3) is 0 Å². The highest BCUT2D eigenvalue weighted by Crippen LogP contribution is 2.10. The Morgan fingerprint density at radius 3 is 2.44 bits per heavy atom. The summed E-state index contributed by atoms with van der Waals surface area (Å²) < 4.78 is 0. The second-order valence-electron chi connectivity index (χ2n) is 3.88. The fourth-order valence-corrected chi connectivity index (χ4v) is 1.44. The van der Waals surface area contributed by atoms with Gasteiger partial charge in [0.25, 0.3) is 5.91 Å². The Kier molecular flexibility index (Phi) is 4.23. The van der Waals surface area contributed by atoms with Crippen LogP contribution in [0.3, 0.4) is 0 Å². The third kappa shape index (κ3) is 3.19. The molecule has 1 rings (SSSR count). The number of benzene rings is 1. The van der Waals surface area contributed by atoms with Gasteiger partial charge in [0, 0.05) is 13.0 Å². The van der Waals surface area contributed by atoms with Gasteiger partial charge in [0.05, 0.1) is 0 Å². The van der Waals surface area contributed by atoms with Crippen LogP contribution in [-0.2, 0) is 16.0 Å². The van der Waals surface area contributed by atoms with E-state index in [0.29, 0.717) is 6.54 Å². The van der Waals surface area contributed by atoms with Gasteiger partial charge in [-0.3, -0.25) is 9.59 Å². The van der Waals surface area contributed by atoms with Crippen LogP contribution in [0.2, 0.25) is 0 Å². The van der Waals surface area contributed by atoms with Crippen LogP contribution >= 0.6 is 0 Å². The molecule has 0 spiro atoms. The number of ketones is 1. The van der Waals surface area contributed by atoms with Crippen molar-refractivity contribution in [2.24, 2.45) is 0 Å². The van der Waals surface area contributed by atoms with Gasteiger partial charge in [0.2, 0.25) is 5.78 Å². The number of nitrogens with one attached hydrogen (secondary N) is 1. The molecule has 16 heavy (non-hydrogen) atoms. The quantitative estimate of drug-likeness (QED) is 0.781. The number of hydrogen-bond donors (Lipinski definition) is 1. The molecule has 0 bridgehead atoms. The maximum Gasteiger partial charge on any atom is 0.287 e. The van der Waals surface area contributed by atoms with Crippen LogP contribution in [0.1, 0.15) is 23.6 Å². The molecular formula is C13H17NO2. The highest BCUT2D eigenvalue weighted by molar-refractivity contribution is 6.36. The standard InChI is InChI=1S/C13H17NO2/c1-4-14-13(16)12(15)8-11-6-5-9(2)10(3)7-11/h5-7H,4,8H2,1-3H3,(H,14,16). The first kappa shape index (κ1) is 12.4. The first-order chi connectivity index (χ1) is 7.54. The highest BCUT2D eigenvalue weighted by atomic mass is 16.2. The lowest BCUT2D eigenvalue weighted by molar-refractivity contribution is -0.137. The van der Waals surface area contributed by atoms with E-state index in [9.17, 15) is 9.59 Å². The maximum atomic E-state index is 11.5. The molecule has 86 valence electrons. The predicted octanol–water partition coefficient (Wildman–Crippen LogP) is 1.55. The summed E-state index contributed by atoms with van der Waals surface area (Å²) in [4.78, 5) is 22.7. The third-order valence-electron chi connectivity index (χ3n) is 2.53. The molecule has 0 atom stereocenters. The molecule has 0 heterocycles. The molecule has 1 aromatic rings. The predicted molar refractivity (Wildman–Crippen MR) is 63.3 cm³/mol. The molecule has 1 amide bonds. The number of carbonyl (C=O) groups is 2. The summed E-state index contributed by atoms with van der Waals surface area (Å²) in [6, 6.07) is 5.81. The topological polar surface area (TPSA) is 46.2 Å². The van der Waals surface area contributed by atoms with Gasteiger partial charge in [-0.2, -0.15) is 0 Å². The normalized spacial score (nSPS) is 9.94. The molecule has 0 fully saturated rings. The van der Waals surface area contributed by atoms with Gasteiger partial charge in [-0.1, -0.05) is 18.2 Å². The Hall–Kier alpha value is -1.64. The molecule has 3 heteroatoms. The van der Waals surface area contributed by atoms with Crippen LogP contribution in [0.15, 0.2) is 18.2 Å². The van der Waals surface area contributed by atoms with Gasteiger partial charge >= 0.3 is 0 Å². The lowest BCUT2D eigenvalue weighted by Crippen LogP contribution is -2.31. The Morgan fingerprint density at radius 1 is 1.19 bits per heavy atom. The summed E-state index contributed by atoms with van der Waals surface area (Å²) in [6.07, 6.45) is 0.174. The number of carbonyl (C=O) groups excluding carboxylic acids is 2. The van der Waals surface area contributed by atoms with Crippen LogP contribution in [0, 0.1) is 13.8 Å². The zero-order valence-corrected chi connectivity index (χ0v) is 9.96. The molecule has 1 aromatic carbocycles. The van der Waals surface area contributed by atoms with Crippen LogP contribution < -0.4 is 5.32 Å². The molecule has 0 saturated carbocycles. The number of rotatable bonds is 4. The minimum absolute atomic E-state index is 0.174. The molecule has 1 N–H and O–H groups in total. The maximum absolute atomic E-state index is 11.5. The van der Waals surface area contributed by atoms with Gasteiger partial charge in [-0.05, 0) is 37.5 Å². The molecule has 0 unspecified atom stereocenters. The molecule has 0 aliphatic carbocycles. The number of Topliss-reactive ketones (excluding diaryl/α,β-unsaturated/α-hetero) is 1. The van der Waals surface area contributed by atoms with Crippen molar-refractivity contribution in [1.29, 1.82) is 0 Å². The van der Waals surface area contributed by atoms with E-state index >= 15 is 0 Å². The monoisotopic (exact) mass is 219 g/mol. The van der Waals surface area contributed by atoms with Gasteiger partial charge in [0.15, 0.2) is 0 Å². The molecule has 0 aromatic heterocycles. The van der Waals surface area contributed by atoms with Crippen molar-refractivity contribution in [3.8, 4) is 0 Å². The number of likely N-dealkylation sites (N-methyl/N-ethyl adjacent to an activating group) is 1. The van der Waals surface area contributed by atoms with Crippen LogP contribution in [-0.4, -0.2) is 18.2 Å². The molecule has 0 aliphatic rings. The molecule has 0 aliphatic heterocycles. The van der Waals surface area contributed by atoms with Gasteiger partial charge in [-0.15, -0.1) is 0 Å². The van der Waals surface area contributed by atoms with E-state index in [2.05, 4.69) is 5.32 Å². The minimum atomic E-state index is -0.499. The molecular weight excluding hydrogens is 202 g/mol. The fraction of sp³-hybridized carbons (Fsp3) is 0.385. The SMILES string of the molecule is CCNC(=O)C(=O)Cc1ccc(C)c(C)c1. The van der Waals surface area contributed by atoms with Crippen molar-refractivity contribution in [3.05, 3.63) is 34.9 Å². The van der Waals surface area contributed by atoms with Gasteiger partial charge in [-0.25, -0.2) is 0 Å². The van der Waals surface area contributed by atoms with E-state index in [1.165, 1.54) is 5.56 Å². The van der Waals surface area contributed by atoms with Crippen LogP contribution in [0.4, 0.5) is 0 Å². The third-order valence-corrected chi connectivity index (χ3v) is 2.53. The minimum Gasteiger partial charge on any atom is -0.350 e. The second-order valence-corrected chi connectivity index (χ2v) is 3.88. The average Bonchev–Trinajstić information content (AvgIpc) is 2.24. The van der Waals surface area contributed by atoms with Crippen LogP contribution in [0.5, 0.6) is 0 Å². The number of aryl methyl sites for hydroxylation is 2. The summed E-state index contributed by atoms with van der Waals surface area (Å²) >= 11 is 0. The first-order valence-corrected chi connectivity index (χ1v) is 5.41. The molecule has 0 radical (unpaired) electrons. The van der Waals surface area contributed by atoms with E-state index in [-0.39, 0.29) is 12.2 Å². The smallest absolute Gasteiger partial charge is 0.287 e. The zero-order chi connectivity index (χ0) is 12.1. The van der Waals surface area contributed by atoms with Crippen molar-refractivity contribution in [2.45, 2.75) is 27.2 Å². The zero-order valence-electron chi connectivity index (χ0n) is 9.96. The van der Waals surface area contributed by atoms with E-state index in [1.807, 2.05) is 32.0 Å². The van der Waals surface area contributed by atoms with Crippen molar-refractivity contribution in [1.82, 2.24) is 5.32 Å². The number of amides is 1. The summed E-state index contributed by atoms with van der Waals surface area (Å²) in [7, 11) is 0. The van der Waals surface area contributed by atoms with E-state index in [1.54, 1.807) is 6.92 Å². The van der Waals surface area contributed by atoms with Gasteiger partial charge in [0.1, 0.15) is 0 Å².